The van der Waals surface area contributed by atoms with Crippen molar-refractivity contribution in [3.63, 3.8) is 0 Å². The third-order valence-electron chi connectivity index (χ3n) is 13.2. The molecule has 0 radical (unpaired) electrons. The van der Waals surface area contributed by atoms with Crippen LogP contribution in [0.4, 0.5) is 0 Å². The molecule has 0 unspecified atom stereocenters. The van der Waals surface area contributed by atoms with Gasteiger partial charge in [0.15, 0.2) is 0 Å². The number of nitrogens with two attached hydrogens (primary N) is 1. The first-order valence-electron chi connectivity index (χ1n) is 27.0. The molecule has 0 atom stereocenters. The second-order valence-corrected chi connectivity index (χ2v) is 18.9. The van der Waals surface area contributed by atoms with Gasteiger partial charge in [-0.15, -0.1) is 0 Å². The lowest BCUT2D eigenvalue weighted by Crippen LogP contribution is -2.01. The highest BCUT2D eigenvalue weighted by atomic mass is 14.5. The normalized spacial score (nSPS) is 11.8. The van der Waals surface area contributed by atoms with Crippen LogP contribution in [-0.4, -0.2) is 6.54 Å². The van der Waals surface area contributed by atoms with Crippen LogP contribution in [0.2, 0.25) is 0 Å². The number of unbranched alkanes of at least 4 members (excludes halogenated alkanes) is 44. The summed E-state index contributed by atoms with van der Waals surface area (Å²) in [6.45, 7) is 5.51. The van der Waals surface area contributed by atoms with Crippen LogP contribution in [0.15, 0.2) is 0 Å². The van der Waals surface area contributed by atoms with E-state index in [1.807, 2.05) is 0 Å². The Morgan fingerprint density at radius 1 is 0.200 bits per heavy atom. The first-order valence-corrected chi connectivity index (χ1v) is 27.0. The molecule has 1 heteroatoms. The van der Waals surface area contributed by atoms with Crippen LogP contribution in [-0.2, 0) is 0 Å². The molecule has 0 amide bonds. The molecule has 2 N–H and O–H groups in total. The highest BCUT2D eigenvalue weighted by molar-refractivity contribution is 4.63. The van der Waals surface area contributed by atoms with Gasteiger partial charge in [-0.3, -0.25) is 0 Å². The van der Waals surface area contributed by atoms with Crippen LogP contribution in [0.1, 0.15) is 335 Å². The molecule has 0 aromatic rings. The lowest BCUT2D eigenvalue weighted by molar-refractivity contribution is 0.365. The highest BCUT2D eigenvalue weighted by Crippen LogP contribution is 2.25. The first-order chi connectivity index (χ1) is 27.3. The van der Waals surface area contributed by atoms with Crippen LogP contribution < -0.4 is 5.73 Å². The Morgan fingerprint density at radius 3 is 0.509 bits per heavy atom. The van der Waals surface area contributed by atoms with Crippen molar-refractivity contribution in [2.24, 2.45) is 11.7 Å². The number of hydrogen-bond donors (Lipinski definition) is 1. The maximum atomic E-state index is 5.61. The zero-order valence-corrected chi connectivity index (χ0v) is 39.2. The average Bonchev–Trinajstić information content (AvgIpc) is 3.20. The zero-order valence-electron chi connectivity index (χ0n) is 39.2. The van der Waals surface area contributed by atoms with Gasteiger partial charge in [-0.1, -0.05) is 328 Å². The minimum absolute atomic E-state index is 0.875. The van der Waals surface area contributed by atoms with E-state index >= 15 is 0 Å². The fourth-order valence-corrected chi connectivity index (χ4v) is 9.27. The van der Waals surface area contributed by atoms with E-state index in [0.717, 1.165) is 12.5 Å². The van der Waals surface area contributed by atoms with E-state index in [9.17, 15) is 0 Å². The Bertz CT molecular complexity index is 543. The summed E-state index contributed by atoms with van der Waals surface area (Å²) in [7, 11) is 0. The molecule has 0 spiro atoms. The van der Waals surface area contributed by atoms with Gasteiger partial charge in [-0.2, -0.15) is 0 Å². The Labute approximate surface area is 351 Å². The molecule has 0 saturated carbocycles. The summed E-state index contributed by atoms with van der Waals surface area (Å²) in [6, 6.07) is 0. The van der Waals surface area contributed by atoms with Gasteiger partial charge in [0.25, 0.3) is 0 Å². The molecule has 0 aromatic carbocycles. The summed E-state index contributed by atoms with van der Waals surface area (Å²) in [6.07, 6.45) is 73.7. The van der Waals surface area contributed by atoms with Crippen molar-refractivity contribution in [1.29, 1.82) is 0 Å². The molecule has 0 bridgehead atoms. The number of rotatable bonds is 51. The Hall–Kier alpha value is -0.0400. The van der Waals surface area contributed by atoms with E-state index in [4.69, 9.17) is 5.73 Å². The zero-order chi connectivity index (χ0) is 39.6. The summed E-state index contributed by atoms with van der Waals surface area (Å²) < 4.78 is 0. The summed E-state index contributed by atoms with van der Waals surface area (Å²) >= 11 is 0. The van der Waals surface area contributed by atoms with Gasteiger partial charge in [0.05, 0.1) is 0 Å². The monoisotopic (exact) mass is 774 g/mol. The Kier molecular flexibility index (Phi) is 51.9. The van der Waals surface area contributed by atoms with Crippen LogP contribution >= 0.6 is 0 Å². The summed E-state index contributed by atoms with van der Waals surface area (Å²) in [5.74, 6) is 1.03. The average molecular weight is 774 g/mol. The molecule has 1 nitrogen and oxygen atoms in total. The predicted molar refractivity (Wildman–Crippen MR) is 255 cm³/mol. The molecular formula is C54H111N. The molecule has 0 aliphatic heterocycles. The van der Waals surface area contributed by atoms with Crippen LogP contribution in [0.5, 0.6) is 0 Å². The molecule has 0 aliphatic carbocycles. The maximum Gasteiger partial charge on any atom is -0.00773 e. The predicted octanol–water partition coefficient (Wildman–Crippen LogP) is 20.1. The smallest absolute Gasteiger partial charge is 0.00773 e. The molecule has 0 fully saturated rings. The third-order valence-corrected chi connectivity index (χ3v) is 13.2. The fraction of sp³-hybridized carbons (Fsp3) is 1.00. The van der Waals surface area contributed by atoms with Gasteiger partial charge in [-0.05, 0) is 18.9 Å². The van der Waals surface area contributed by atoms with Gasteiger partial charge in [0, 0.05) is 0 Å². The molecule has 0 heterocycles. The molecule has 0 saturated heterocycles. The van der Waals surface area contributed by atoms with Crippen LogP contribution in [0.3, 0.4) is 0 Å². The largest absolute Gasteiger partial charge is 0.330 e. The molecule has 0 rings (SSSR count). The van der Waals surface area contributed by atoms with Gasteiger partial charge < -0.3 is 5.73 Å². The Morgan fingerprint density at radius 2 is 0.345 bits per heavy atom. The molecule has 0 aliphatic rings. The van der Waals surface area contributed by atoms with Gasteiger partial charge in [-0.25, -0.2) is 0 Å². The van der Waals surface area contributed by atoms with Crippen LogP contribution in [0, 0.1) is 5.92 Å². The highest BCUT2D eigenvalue weighted by Gasteiger charge is 2.09. The lowest BCUT2D eigenvalue weighted by atomic mass is 9.89. The van der Waals surface area contributed by atoms with Crippen molar-refractivity contribution < 1.29 is 0 Å². The van der Waals surface area contributed by atoms with Gasteiger partial charge in [0.2, 0.25) is 0 Å². The van der Waals surface area contributed by atoms with E-state index in [1.54, 1.807) is 0 Å². The summed E-state index contributed by atoms with van der Waals surface area (Å²) in [5.41, 5.74) is 5.61. The molecular weight excluding hydrogens is 663 g/mol. The van der Waals surface area contributed by atoms with Crippen molar-refractivity contribution in [2.45, 2.75) is 335 Å². The summed E-state index contributed by atoms with van der Waals surface area (Å²) in [4.78, 5) is 0. The van der Waals surface area contributed by atoms with Crippen molar-refractivity contribution in [3.8, 4) is 0 Å². The minimum atomic E-state index is 0.875. The van der Waals surface area contributed by atoms with Crippen molar-refractivity contribution >= 4 is 0 Å². The van der Waals surface area contributed by atoms with E-state index < -0.39 is 0 Å². The Balaban J connectivity index is 3.94. The molecule has 55 heavy (non-hydrogen) atoms. The lowest BCUT2D eigenvalue weighted by Gasteiger charge is -2.17. The van der Waals surface area contributed by atoms with E-state index in [0.29, 0.717) is 0 Å². The van der Waals surface area contributed by atoms with E-state index in [1.165, 1.54) is 321 Å². The quantitative estimate of drug-likeness (QED) is 0.0612. The van der Waals surface area contributed by atoms with Gasteiger partial charge >= 0.3 is 0 Å². The van der Waals surface area contributed by atoms with E-state index in [-0.39, 0.29) is 0 Å². The van der Waals surface area contributed by atoms with E-state index in [2.05, 4.69) is 13.8 Å². The van der Waals surface area contributed by atoms with Crippen molar-refractivity contribution in [2.75, 3.05) is 6.54 Å². The van der Waals surface area contributed by atoms with Gasteiger partial charge in [0.1, 0.15) is 0 Å². The fourth-order valence-electron chi connectivity index (χ4n) is 9.27. The second kappa shape index (κ2) is 52.0. The summed E-state index contributed by atoms with van der Waals surface area (Å²) in [5, 5.41) is 0. The van der Waals surface area contributed by atoms with Crippen molar-refractivity contribution in [1.82, 2.24) is 0 Å². The molecule has 0 aromatic heterocycles. The molecule has 332 valence electrons. The number of hydrogen-bond acceptors (Lipinski definition) is 1. The van der Waals surface area contributed by atoms with Crippen LogP contribution in [0.25, 0.3) is 0 Å². The third kappa shape index (κ3) is 50.0. The van der Waals surface area contributed by atoms with Crippen molar-refractivity contribution in [3.05, 3.63) is 0 Å². The SMILES string of the molecule is CCCCCCCCCCCCCCCCCCC(CCCCCCCCCCCCCCCCCC)CCCCCCCCCCCCCCCCCN. The maximum absolute atomic E-state index is 5.61. The topological polar surface area (TPSA) is 26.0 Å². The minimum Gasteiger partial charge on any atom is -0.330 e. The first kappa shape index (κ1) is 55.0. The second-order valence-electron chi connectivity index (χ2n) is 18.9. The standard InChI is InChI=1S/C54H111N/c1-3-5-7-9-11-13-15-17-19-22-26-30-34-38-42-46-50-54(51-47-43-39-35-31-27-23-20-18-16-14-12-10-8-6-4-2)52-48-44-40-36-32-28-24-21-25-29-33-37-41-45-49-53-55/h54H,3-53,55H2,1-2H3.